The number of benzene rings is 1. The number of nitrogens with one attached hydrogen (secondary N) is 1. The molecule has 2 aromatic rings. The van der Waals surface area contributed by atoms with Crippen molar-refractivity contribution in [1.29, 1.82) is 0 Å². The van der Waals surface area contributed by atoms with Crippen LogP contribution < -0.4 is 5.32 Å². The number of amides is 1. The van der Waals surface area contributed by atoms with E-state index in [1.807, 2.05) is 0 Å². The third-order valence-electron chi connectivity index (χ3n) is 2.74. The Bertz CT molecular complexity index is 678. The second-order valence-corrected chi connectivity index (χ2v) is 4.39. The van der Waals surface area contributed by atoms with Gasteiger partial charge in [0.1, 0.15) is 0 Å². The van der Waals surface area contributed by atoms with Crippen LogP contribution in [0.5, 0.6) is 0 Å². The summed E-state index contributed by atoms with van der Waals surface area (Å²) >= 11 is 6.05. The van der Waals surface area contributed by atoms with Crippen molar-refractivity contribution in [1.82, 2.24) is 14.9 Å². The zero-order chi connectivity index (χ0) is 14.2. The van der Waals surface area contributed by atoms with E-state index in [0.29, 0.717) is 17.6 Å². The lowest BCUT2D eigenvalue weighted by molar-refractivity contribution is 0.0680. The Balaban J connectivity index is 2.63. The van der Waals surface area contributed by atoms with Gasteiger partial charge in [-0.2, -0.15) is 0 Å². The fourth-order valence-corrected chi connectivity index (χ4v) is 2.08. The van der Waals surface area contributed by atoms with Crippen molar-refractivity contribution in [3.8, 4) is 0 Å². The molecule has 0 fully saturated rings. The first-order valence-electron chi connectivity index (χ1n) is 5.63. The molecular formula is C12H12ClN3O3. The molecule has 1 aromatic heterocycles. The standard InChI is InChI=1S/C12H12ClN3O3/c1-3-14-11(17)6-4-8-9(5-7(6)13)16(2)10(15-8)12(18)19/h4-5H,3H2,1-2H3,(H,14,17)(H,18,19). The average Bonchev–Trinajstić information content (AvgIpc) is 2.66. The van der Waals surface area contributed by atoms with Crippen molar-refractivity contribution >= 4 is 34.5 Å². The van der Waals surface area contributed by atoms with Crippen molar-refractivity contribution in [3.05, 3.63) is 28.5 Å². The SMILES string of the molecule is CCNC(=O)c1cc2nc(C(=O)O)n(C)c2cc1Cl. The van der Waals surface area contributed by atoms with E-state index in [4.69, 9.17) is 16.7 Å². The number of rotatable bonds is 3. The van der Waals surface area contributed by atoms with Gasteiger partial charge in [0.25, 0.3) is 5.91 Å². The van der Waals surface area contributed by atoms with Crippen molar-refractivity contribution in [2.24, 2.45) is 7.05 Å². The van der Waals surface area contributed by atoms with Gasteiger partial charge >= 0.3 is 5.97 Å². The summed E-state index contributed by atoms with van der Waals surface area (Å²) in [4.78, 5) is 26.8. The number of hydrogen-bond donors (Lipinski definition) is 2. The molecule has 1 heterocycles. The van der Waals surface area contributed by atoms with Crippen molar-refractivity contribution in [2.75, 3.05) is 6.54 Å². The zero-order valence-electron chi connectivity index (χ0n) is 10.4. The Morgan fingerprint density at radius 3 is 2.74 bits per heavy atom. The summed E-state index contributed by atoms with van der Waals surface area (Å²) in [5, 5.41) is 11.9. The van der Waals surface area contributed by atoms with Gasteiger partial charge < -0.3 is 15.0 Å². The van der Waals surface area contributed by atoms with E-state index in [2.05, 4.69) is 10.3 Å². The van der Waals surface area contributed by atoms with Crippen LogP contribution in [0.3, 0.4) is 0 Å². The molecule has 0 saturated carbocycles. The minimum atomic E-state index is -1.13. The highest BCUT2D eigenvalue weighted by atomic mass is 35.5. The van der Waals surface area contributed by atoms with E-state index in [1.165, 1.54) is 10.6 Å². The summed E-state index contributed by atoms with van der Waals surface area (Å²) in [5.41, 5.74) is 1.27. The largest absolute Gasteiger partial charge is 0.475 e. The minimum absolute atomic E-state index is 0.0980. The second kappa shape index (κ2) is 4.89. The van der Waals surface area contributed by atoms with Crippen LogP contribution in [0.25, 0.3) is 11.0 Å². The van der Waals surface area contributed by atoms with Crippen LogP contribution in [0, 0.1) is 0 Å². The van der Waals surface area contributed by atoms with Crippen LogP contribution in [0.15, 0.2) is 12.1 Å². The number of imidazole rings is 1. The molecule has 6 nitrogen and oxygen atoms in total. The van der Waals surface area contributed by atoms with Crippen molar-refractivity contribution < 1.29 is 14.7 Å². The topological polar surface area (TPSA) is 84.2 Å². The smallest absolute Gasteiger partial charge is 0.372 e. The number of carboxylic acids is 1. The number of hydrogen-bond acceptors (Lipinski definition) is 3. The van der Waals surface area contributed by atoms with Gasteiger partial charge in [-0.1, -0.05) is 11.6 Å². The molecule has 19 heavy (non-hydrogen) atoms. The first-order valence-corrected chi connectivity index (χ1v) is 6.01. The van der Waals surface area contributed by atoms with Gasteiger partial charge in [-0.05, 0) is 19.1 Å². The number of aromatic carboxylic acids is 1. The van der Waals surface area contributed by atoms with Crippen molar-refractivity contribution in [3.63, 3.8) is 0 Å². The van der Waals surface area contributed by atoms with E-state index in [1.54, 1.807) is 20.0 Å². The van der Waals surface area contributed by atoms with Crippen LogP contribution in [-0.2, 0) is 7.05 Å². The Kier molecular flexibility index (Phi) is 3.44. The molecule has 1 amide bonds. The summed E-state index contributed by atoms with van der Waals surface area (Å²) < 4.78 is 1.42. The normalized spacial score (nSPS) is 10.7. The van der Waals surface area contributed by atoms with Crippen LogP contribution >= 0.6 is 11.6 Å². The molecule has 0 aliphatic rings. The highest BCUT2D eigenvalue weighted by Gasteiger charge is 2.18. The Labute approximate surface area is 114 Å². The lowest BCUT2D eigenvalue weighted by Crippen LogP contribution is -2.22. The average molecular weight is 282 g/mol. The molecule has 0 aliphatic carbocycles. The highest BCUT2D eigenvalue weighted by Crippen LogP contribution is 2.24. The van der Waals surface area contributed by atoms with Gasteiger partial charge in [-0.25, -0.2) is 9.78 Å². The third-order valence-corrected chi connectivity index (χ3v) is 3.06. The van der Waals surface area contributed by atoms with Gasteiger partial charge in [0, 0.05) is 13.6 Å². The lowest BCUT2D eigenvalue weighted by Gasteiger charge is -2.05. The van der Waals surface area contributed by atoms with Gasteiger partial charge in [0.15, 0.2) is 0 Å². The number of fused-ring (bicyclic) bond motifs is 1. The van der Waals surface area contributed by atoms with Crippen molar-refractivity contribution in [2.45, 2.75) is 6.92 Å². The maximum absolute atomic E-state index is 11.8. The summed E-state index contributed by atoms with van der Waals surface area (Å²) in [5.74, 6) is -1.54. The van der Waals surface area contributed by atoms with E-state index >= 15 is 0 Å². The van der Waals surface area contributed by atoms with E-state index in [9.17, 15) is 9.59 Å². The summed E-state index contributed by atoms with van der Waals surface area (Å²) in [7, 11) is 1.58. The van der Waals surface area contributed by atoms with Gasteiger partial charge in [-0.3, -0.25) is 4.79 Å². The first kappa shape index (κ1) is 13.4. The fourth-order valence-electron chi connectivity index (χ4n) is 1.83. The number of carbonyl (C=O) groups is 2. The predicted octanol–water partition coefficient (Wildman–Crippen LogP) is 1.67. The Morgan fingerprint density at radius 2 is 2.16 bits per heavy atom. The molecule has 0 radical (unpaired) electrons. The molecule has 0 saturated heterocycles. The van der Waals surface area contributed by atoms with Gasteiger partial charge in [0.2, 0.25) is 5.82 Å². The monoisotopic (exact) mass is 281 g/mol. The van der Waals surface area contributed by atoms with E-state index < -0.39 is 5.97 Å². The molecular weight excluding hydrogens is 270 g/mol. The minimum Gasteiger partial charge on any atom is -0.475 e. The van der Waals surface area contributed by atoms with Gasteiger partial charge in [0.05, 0.1) is 21.6 Å². The molecule has 0 atom stereocenters. The molecule has 0 spiro atoms. The number of halogens is 1. The maximum Gasteiger partial charge on any atom is 0.372 e. The van der Waals surface area contributed by atoms with Crippen LogP contribution in [0.2, 0.25) is 5.02 Å². The number of aromatic nitrogens is 2. The Hall–Kier alpha value is -2.08. The maximum atomic E-state index is 11.8. The first-order chi connectivity index (χ1) is 8.95. The molecule has 0 unspecified atom stereocenters. The number of nitrogens with zero attached hydrogens (tertiary/aromatic N) is 2. The number of aryl methyl sites for hydroxylation is 1. The molecule has 1 aromatic carbocycles. The molecule has 2 N–H and O–H groups in total. The second-order valence-electron chi connectivity index (χ2n) is 3.98. The van der Waals surface area contributed by atoms with Crippen LogP contribution in [-0.4, -0.2) is 33.1 Å². The summed E-state index contributed by atoms with van der Waals surface area (Å²) in [6, 6.07) is 3.04. The lowest BCUT2D eigenvalue weighted by atomic mass is 10.2. The van der Waals surface area contributed by atoms with E-state index in [-0.39, 0.29) is 22.3 Å². The molecule has 7 heteroatoms. The number of carbonyl (C=O) groups excluding carboxylic acids is 1. The fraction of sp³-hybridized carbons (Fsp3) is 0.250. The van der Waals surface area contributed by atoms with Crippen LogP contribution in [0.4, 0.5) is 0 Å². The van der Waals surface area contributed by atoms with Gasteiger partial charge in [-0.15, -0.1) is 0 Å². The Morgan fingerprint density at radius 1 is 1.47 bits per heavy atom. The third kappa shape index (κ3) is 2.26. The predicted molar refractivity (Wildman–Crippen MR) is 70.7 cm³/mol. The van der Waals surface area contributed by atoms with Crippen LogP contribution in [0.1, 0.15) is 27.9 Å². The summed E-state index contributed by atoms with van der Waals surface area (Å²) in [6.07, 6.45) is 0. The molecule has 2 rings (SSSR count). The quantitative estimate of drug-likeness (QED) is 0.896. The molecule has 0 bridgehead atoms. The number of carboxylic acid groups (broad SMARTS) is 1. The molecule has 100 valence electrons. The zero-order valence-corrected chi connectivity index (χ0v) is 11.2. The highest BCUT2D eigenvalue weighted by molar-refractivity contribution is 6.34. The van der Waals surface area contributed by atoms with E-state index in [0.717, 1.165) is 0 Å². The summed E-state index contributed by atoms with van der Waals surface area (Å²) in [6.45, 7) is 2.28. The molecule has 0 aliphatic heterocycles.